The lowest BCUT2D eigenvalue weighted by Gasteiger charge is -2.07. The number of hydrogen-bond donors (Lipinski definition) is 1. The van der Waals surface area contributed by atoms with E-state index in [1.54, 1.807) is 0 Å². The summed E-state index contributed by atoms with van der Waals surface area (Å²) >= 11 is 11.3. The SMILES string of the molecule is O=[N+]([O-])c1cc(S(=O)(=O)Nc2ccc(Cl)cn2)ccc1Cl. The predicted molar refractivity (Wildman–Crippen MR) is 78.2 cm³/mol. The summed E-state index contributed by atoms with van der Waals surface area (Å²) in [7, 11) is -4.02. The Kier molecular flexibility index (Phi) is 4.31. The highest BCUT2D eigenvalue weighted by Crippen LogP contribution is 2.27. The van der Waals surface area contributed by atoms with Crippen LogP contribution in [0.5, 0.6) is 0 Å². The molecule has 1 heterocycles. The van der Waals surface area contributed by atoms with Gasteiger partial charge in [-0.3, -0.25) is 14.8 Å². The number of benzene rings is 1. The summed E-state index contributed by atoms with van der Waals surface area (Å²) in [6.07, 6.45) is 1.27. The van der Waals surface area contributed by atoms with Crippen molar-refractivity contribution in [3.05, 3.63) is 56.7 Å². The van der Waals surface area contributed by atoms with Gasteiger partial charge >= 0.3 is 0 Å². The van der Waals surface area contributed by atoms with Gasteiger partial charge in [0.1, 0.15) is 10.8 Å². The number of nitro benzene ring substituents is 1. The Morgan fingerprint density at radius 2 is 1.90 bits per heavy atom. The minimum atomic E-state index is -4.02. The number of pyridine rings is 1. The zero-order valence-electron chi connectivity index (χ0n) is 10.2. The van der Waals surface area contributed by atoms with E-state index in [-0.39, 0.29) is 15.7 Å². The van der Waals surface area contributed by atoms with Crippen LogP contribution in [0.15, 0.2) is 41.4 Å². The van der Waals surface area contributed by atoms with Crippen LogP contribution in [0, 0.1) is 10.1 Å². The molecule has 0 fully saturated rings. The standard InChI is InChI=1S/C11H7Cl2N3O4S/c12-7-1-4-11(14-6-7)15-21(19,20)8-2-3-9(13)10(5-8)16(17)18/h1-6H,(H,14,15). The third kappa shape index (κ3) is 3.60. The van der Waals surface area contributed by atoms with Gasteiger partial charge in [-0.1, -0.05) is 23.2 Å². The molecule has 0 atom stereocenters. The first-order valence-corrected chi connectivity index (χ1v) is 7.62. The number of aromatic nitrogens is 1. The van der Waals surface area contributed by atoms with E-state index in [1.807, 2.05) is 0 Å². The Bertz CT molecular complexity index is 794. The number of nitrogens with one attached hydrogen (secondary N) is 1. The molecule has 0 radical (unpaired) electrons. The van der Waals surface area contributed by atoms with Gasteiger partial charge in [0.15, 0.2) is 0 Å². The van der Waals surface area contributed by atoms with E-state index in [0.717, 1.165) is 18.2 Å². The predicted octanol–water partition coefficient (Wildman–Crippen LogP) is 3.10. The Morgan fingerprint density at radius 3 is 2.48 bits per heavy atom. The van der Waals surface area contributed by atoms with E-state index in [0.29, 0.717) is 5.02 Å². The number of hydrogen-bond acceptors (Lipinski definition) is 5. The Morgan fingerprint density at radius 1 is 1.19 bits per heavy atom. The molecule has 0 bridgehead atoms. The molecular formula is C11H7Cl2N3O4S. The van der Waals surface area contributed by atoms with Crippen LogP contribution >= 0.6 is 23.2 Å². The average molecular weight is 348 g/mol. The zero-order valence-corrected chi connectivity index (χ0v) is 12.5. The van der Waals surface area contributed by atoms with Crippen molar-refractivity contribution in [3.8, 4) is 0 Å². The first-order chi connectivity index (χ1) is 9.79. The van der Waals surface area contributed by atoms with Gasteiger partial charge in [0.2, 0.25) is 0 Å². The molecule has 1 aromatic carbocycles. The molecule has 7 nitrogen and oxygen atoms in total. The average Bonchev–Trinajstić information content (AvgIpc) is 2.41. The molecule has 0 spiro atoms. The van der Waals surface area contributed by atoms with Gasteiger partial charge in [-0.2, -0.15) is 0 Å². The fraction of sp³-hybridized carbons (Fsp3) is 0. The molecule has 0 saturated heterocycles. The minimum absolute atomic E-state index is 0.0389. The van der Waals surface area contributed by atoms with Gasteiger partial charge in [-0.25, -0.2) is 13.4 Å². The highest BCUT2D eigenvalue weighted by Gasteiger charge is 2.21. The molecule has 110 valence electrons. The molecule has 1 aromatic heterocycles. The third-order valence-corrected chi connectivity index (χ3v) is 4.29. The van der Waals surface area contributed by atoms with Crippen LogP contribution in [0.3, 0.4) is 0 Å². The Balaban J connectivity index is 2.38. The van der Waals surface area contributed by atoms with Crippen molar-refractivity contribution in [2.24, 2.45) is 0 Å². The van der Waals surface area contributed by atoms with Crippen molar-refractivity contribution < 1.29 is 13.3 Å². The van der Waals surface area contributed by atoms with Crippen molar-refractivity contribution in [1.29, 1.82) is 0 Å². The van der Waals surface area contributed by atoms with Crippen molar-refractivity contribution in [3.63, 3.8) is 0 Å². The number of sulfonamides is 1. The van der Waals surface area contributed by atoms with Gasteiger partial charge in [-0.05, 0) is 24.3 Å². The monoisotopic (exact) mass is 347 g/mol. The molecule has 0 amide bonds. The largest absolute Gasteiger partial charge is 0.289 e. The normalized spacial score (nSPS) is 11.1. The van der Waals surface area contributed by atoms with Crippen LogP contribution in [-0.4, -0.2) is 18.3 Å². The fourth-order valence-corrected chi connectivity index (χ4v) is 2.76. The molecule has 0 saturated carbocycles. The first-order valence-electron chi connectivity index (χ1n) is 5.38. The van der Waals surface area contributed by atoms with E-state index in [9.17, 15) is 18.5 Å². The summed E-state index contributed by atoms with van der Waals surface area (Å²) in [5.74, 6) is 0.0389. The number of nitro groups is 1. The number of halogens is 2. The molecule has 1 N–H and O–H groups in total. The maximum Gasteiger partial charge on any atom is 0.289 e. The van der Waals surface area contributed by atoms with Crippen LogP contribution in [0.25, 0.3) is 0 Å². The molecule has 0 unspecified atom stereocenters. The van der Waals surface area contributed by atoms with Gasteiger partial charge < -0.3 is 0 Å². The van der Waals surface area contributed by atoms with Crippen molar-refractivity contribution in [2.75, 3.05) is 4.72 Å². The van der Waals surface area contributed by atoms with Crippen LogP contribution in [0.2, 0.25) is 10.0 Å². The lowest BCUT2D eigenvalue weighted by atomic mass is 10.3. The summed E-state index contributed by atoms with van der Waals surface area (Å²) in [4.78, 5) is 13.5. The van der Waals surface area contributed by atoms with Gasteiger partial charge in [0, 0.05) is 12.3 Å². The van der Waals surface area contributed by atoms with Crippen LogP contribution in [0.1, 0.15) is 0 Å². The maximum absolute atomic E-state index is 12.1. The van der Waals surface area contributed by atoms with E-state index in [1.165, 1.54) is 18.3 Å². The zero-order chi connectivity index (χ0) is 15.6. The molecule has 0 aliphatic carbocycles. The second-order valence-electron chi connectivity index (χ2n) is 3.84. The van der Waals surface area contributed by atoms with Crippen LogP contribution in [-0.2, 0) is 10.0 Å². The van der Waals surface area contributed by atoms with E-state index in [2.05, 4.69) is 9.71 Å². The molecular weight excluding hydrogens is 341 g/mol. The summed E-state index contributed by atoms with van der Waals surface area (Å²) in [5.41, 5.74) is -0.497. The third-order valence-electron chi connectivity index (χ3n) is 2.39. The topological polar surface area (TPSA) is 102 Å². The Hall–Kier alpha value is -1.90. The van der Waals surface area contributed by atoms with Crippen molar-refractivity contribution >= 4 is 44.7 Å². The number of rotatable bonds is 4. The minimum Gasteiger partial charge on any atom is -0.263 e. The highest BCUT2D eigenvalue weighted by molar-refractivity contribution is 7.92. The lowest BCUT2D eigenvalue weighted by molar-refractivity contribution is -0.384. The molecule has 0 aliphatic rings. The highest BCUT2D eigenvalue weighted by atomic mass is 35.5. The second-order valence-corrected chi connectivity index (χ2v) is 6.36. The Labute approximate surface area is 129 Å². The molecule has 21 heavy (non-hydrogen) atoms. The fourth-order valence-electron chi connectivity index (χ4n) is 1.43. The molecule has 10 heteroatoms. The van der Waals surface area contributed by atoms with Crippen molar-refractivity contribution in [2.45, 2.75) is 4.90 Å². The van der Waals surface area contributed by atoms with Gasteiger partial charge in [0.25, 0.3) is 15.7 Å². The first kappa shape index (κ1) is 15.5. The lowest BCUT2D eigenvalue weighted by Crippen LogP contribution is -2.14. The van der Waals surface area contributed by atoms with E-state index in [4.69, 9.17) is 23.2 Å². The summed E-state index contributed by atoms with van der Waals surface area (Å²) in [6, 6.07) is 6.00. The molecule has 2 rings (SSSR count). The molecule has 2 aromatic rings. The van der Waals surface area contributed by atoms with Gasteiger partial charge in [0.05, 0.1) is 14.8 Å². The summed E-state index contributed by atoms with van der Waals surface area (Å²) < 4.78 is 26.4. The number of nitrogens with zero attached hydrogens (tertiary/aromatic N) is 2. The number of anilines is 1. The smallest absolute Gasteiger partial charge is 0.263 e. The van der Waals surface area contributed by atoms with Crippen molar-refractivity contribution in [1.82, 2.24) is 4.98 Å². The summed E-state index contributed by atoms with van der Waals surface area (Å²) in [5, 5.41) is 11.0. The second kappa shape index (κ2) is 5.84. The maximum atomic E-state index is 12.1. The quantitative estimate of drug-likeness (QED) is 0.676. The van der Waals surface area contributed by atoms with Crippen LogP contribution in [0.4, 0.5) is 11.5 Å². The van der Waals surface area contributed by atoms with E-state index >= 15 is 0 Å². The van der Waals surface area contributed by atoms with E-state index < -0.39 is 20.6 Å². The summed E-state index contributed by atoms with van der Waals surface area (Å²) in [6.45, 7) is 0. The van der Waals surface area contributed by atoms with Crippen LogP contribution < -0.4 is 4.72 Å². The van der Waals surface area contributed by atoms with Gasteiger partial charge in [-0.15, -0.1) is 0 Å². The molecule has 0 aliphatic heterocycles.